The van der Waals surface area contributed by atoms with E-state index in [1.807, 2.05) is 101 Å². The van der Waals surface area contributed by atoms with Crippen LogP contribution in [0.15, 0.2) is 103 Å². The Morgan fingerprint density at radius 2 is 1.67 bits per heavy atom. The number of nitrogens with zero attached hydrogens (tertiary/aromatic N) is 2. The molecule has 0 radical (unpaired) electrons. The largest absolute Gasteiger partial charge is 0.391 e. The average molecular weight is 829 g/mol. The van der Waals surface area contributed by atoms with Crippen molar-refractivity contribution in [3.8, 4) is 10.4 Å². The molecule has 5 N–H and O–H groups in total. The Kier molecular flexibility index (Phi) is 13.9. The van der Waals surface area contributed by atoms with Crippen molar-refractivity contribution in [3.05, 3.63) is 125 Å². The average Bonchev–Trinajstić information content (AvgIpc) is 3.84. The molecule has 3 atom stereocenters. The summed E-state index contributed by atoms with van der Waals surface area (Å²) in [5, 5.41) is 24.2. The van der Waals surface area contributed by atoms with Crippen molar-refractivity contribution in [2.45, 2.75) is 78.6 Å². The van der Waals surface area contributed by atoms with E-state index >= 15 is 0 Å². The first-order chi connectivity index (χ1) is 28.7. The molecule has 60 heavy (non-hydrogen) atoms. The molecule has 1 aliphatic heterocycles. The summed E-state index contributed by atoms with van der Waals surface area (Å²) in [5.41, 5.74) is 6.53. The SMILES string of the molecule is C/C(=C\C(=O)Nc1cccc(C(=O)NCCCC(=O)N[C@@H](C(=O)N2C[C@@H](O)C[C@@H]2C(=O)NCc2ccc(-c3scnc3C)cc2)C(C)(C)C)c1)c1ccc2ccccc2c1. The van der Waals surface area contributed by atoms with Crippen molar-refractivity contribution in [1.82, 2.24) is 25.8 Å². The number of hydrogen-bond acceptors (Lipinski definition) is 8. The lowest BCUT2D eigenvalue weighted by atomic mass is 9.85. The molecular formula is C47H52N6O6S. The number of β-amino-alcohol motifs (C(OH)–C–C–N with tert-alkyl or cyclic N) is 1. The first-order valence-corrected chi connectivity index (χ1v) is 21.0. The lowest BCUT2D eigenvalue weighted by Gasteiger charge is -2.35. The molecule has 6 rings (SSSR count). The van der Waals surface area contributed by atoms with E-state index in [9.17, 15) is 29.1 Å². The number of aliphatic hydroxyl groups excluding tert-OH is 1. The molecule has 0 bridgehead atoms. The summed E-state index contributed by atoms with van der Waals surface area (Å²) in [6, 6.07) is 26.6. The number of aryl methyl sites for hydroxylation is 1. The van der Waals surface area contributed by atoms with Crippen LogP contribution >= 0.6 is 11.3 Å². The van der Waals surface area contributed by atoms with E-state index in [4.69, 9.17) is 0 Å². The van der Waals surface area contributed by atoms with Crippen molar-refractivity contribution >= 4 is 62.9 Å². The van der Waals surface area contributed by atoms with Crippen LogP contribution in [0.1, 0.15) is 74.1 Å². The third-order valence-corrected chi connectivity index (χ3v) is 11.5. The second kappa shape index (κ2) is 19.3. The van der Waals surface area contributed by atoms with E-state index < -0.39 is 29.5 Å². The van der Waals surface area contributed by atoms with E-state index in [0.29, 0.717) is 17.7 Å². The Hall–Kier alpha value is -6.18. The molecule has 0 aliphatic carbocycles. The maximum absolute atomic E-state index is 14.0. The minimum Gasteiger partial charge on any atom is -0.391 e. The van der Waals surface area contributed by atoms with Crippen molar-refractivity contribution < 1.29 is 29.1 Å². The van der Waals surface area contributed by atoms with E-state index in [0.717, 1.165) is 43.6 Å². The van der Waals surface area contributed by atoms with Gasteiger partial charge < -0.3 is 31.3 Å². The van der Waals surface area contributed by atoms with Gasteiger partial charge in [0.2, 0.25) is 23.6 Å². The lowest BCUT2D eigenvalue weighted by Crippen LogP contribution is -2.57. The van der Waals surface area contributed by atoms with Crippen LogP contribution in [0, 0.1) is 12.3 Å². The molecule has 2 heterocycles. The first kappa shape index (κ1) is 43.4. The van der Waals surface area contributed by atoms with Crippen LogP contribution in [0.5, 0.6) is 0 Å². The smallest absolute Gasteiger partial charge is 0.251 e. The molecule has 0 unspecified atom stereocenters. The molecule has 312 valence electrons. The van der Waals surface area contributed by atoms with E-state index in [1.165, 1.54) is 11.0 Å². The highest BCUT2D eigenvalue weighted by Crippen LogP contribution is 2.29. The lowest BCUT2D eigenvalue weighted by molar-refractivity contribution is -0.144. The fourth-order valence-corrected chi connectivity index (χ4v) is 8.01. The third kappa shape index (κ3) is 11.1. The fourth-order valence-electron chi connectivity index (χ4n) is 7.20. The van der Waals surface area contributed by atoms with Gasteiger partial charge in [-0.2, -0.15) is 0 Å². The highest BCUT2D eigenvalue weighted by atomic mass is 32.1. The second-order valence-corrected chi connectivity index (χ2v) is 17.1. The number of rotatable bonds is 14. The third-order valence-electron chi connectivity index (χ3n) is 10.5. The zero-order valence-corrected chi connectivity index (χ0v) is 35.4. The zero-order valence-electron chi connectivity index (χ0n) is 34.6. The predicted molar refractivity (Wildman–Crippen MR) is 236 cm³/mol. The number of nitrogens with one attached hydrogen (secondary N) is 4. The number of anilines is 1. The Labute approximate surface area is 354 Å². The van der Waals surface area contributed by atoms with Crippen LogP contribution in [0.25, 0.3) is 26.8 Å². The topological polar surface area (TPSA) is 170 Å². The number of carbonyl (C=O) groups excluding carboxylic acids is 5. The van der Waals surface area contributed by atoms with Gasteiger partial charge >= 0.3 is 0 Å². The van der Waals surface area contributed by atoms with Gasteiger partial charge in [-0.1, -0.05) is 87.5 Å². The first-order valence-electron chi connectivity index (χ1n) is 20.1. The van der Waals surface area contributed by atoms with Crippen molar-refractivity contribution in [1.29, 1.82) is 0 Å². The summed E-state index contributed by atoms with van der Waals surface area (Å²) in [6.45, 7) is 9.73. The highest BCUT2D eigenvalue weighted by Gasteiger charge is 2.44. The number of benzene rings is 4. The molecule has 1 aromatic heterocycles. The van der Waals surface area contributed by atoms with Crippen molar-refractivity contribution in [3.63, 3.8) is 0 Å². The van der Waals surface area contributed by atoms with Gasteiger partial charge in [-0.25, -0.2) is 4.98 Å². The van der Waals surface area contributed by atoms with Gasteiger partial charge in [0.1, 0.15) is 12.1 Å². The molecular weight excluding hydrogens is 777 g/mol. The van der Waals surface area contributed by atoms with Crippen molar-refractivity contribution in [2.75, 3.05) is 18.4 Å². The minimum atomic E-state index is -0.966. The Morgan fingerprint density at radius 3 is 2.38 bits per heavy atom. The van der Waals surface area contributed by atoms with Crippen molar-refractivity contribution in [2.24, 2.45) is 5.41 Å². The van der Waals surface area contributed by atoms with Gasteiger partial charge in [-0.3, -0.25) is 24.0 Å². The van der Waals surface area contributed by atoms with Crippen LogP contribution in [0.2, 0.25) is 0 Å². The predicted octanol–water partition coefficient (Wildman–Crippen LogP) is 6.63. The van der Waals surface area contributed by atoms with Gasteiger partial charge in [-0.15, -0.1) is 11.3 Å². The summed E-state index contributed by atoms with van der Waals surface area (Å²) in [7, 11) is 0. The molecule has 5 aromatic rings. The van der Waals surface area contributed by atoms with E-state index in [2.05, 4.69) is 26.3 Å². The number of likely N-dealkylation sites (tertiary alicyclic amines) is 1. The summed E-state index contributed by atoms with van der Waals surface area (Å²) in [5.74, 6) is -1.90. The van der Waals surface area contributed by atoms with Crippen LogP contribution in [-0.4, -0.2) is 75.8 Å². The molecule has 1 saturated heterocycles. The molecule has 5 amide bonds. The number of aromatic nitrogens is 1. The molecule has 1 fully saturated rings. The Morgan fingerprint density at radius 1 is 0.917 bits per heavy atom. The minimum absolute atomic E-state index is 0.0269. The molecule has 4 aromatic carbocycles. The molecule has 0 spiro atoms. The maximum atomic E-state index is 14.0. The van der Waals surface area contributed by atoms with Gasteiger partial charge in [0.25, 0.3) is 5.91 Å². The van der Waals surface area contributed by atoms with E-state index in [-0.39, 0.29) is 56.1 Å². The van der Waals surface area contributed by atoms with Gasteiger partial charge in [0, 0.05) is 49.8 Å². The maximum Gasteiger partial charge on any atom is 0.251 e. The van der Waals surface area contributed by atoms with Gasteiger partial charge in [0.15, 0.2) is 0 Å². The number of aliphatic hydroxyl groups is 1. The molecule has 1 aliphatic rings. The second-order valence-electron chi connectivity index (χ2n) is 16.3. The standard InChI is InChI=1S/C47H52N6O6S/c1-29(34-20-19-32-10-6-7-11-35(32)23-34)22-41(56)51-37-13-8-12-36(24-37)44(57)48-21-9-14-40(55)52-43(47(3,4)5)46(59)53-27-38(54)25-39(53)45(58)49-26-31-15-17-33(18-16-31)42-30(2)50-28-60-42/h6-8,10-13,15-20,22-24,28,38-39,43,54H,9,14,21,25-27H2,1-5H3,(H,48,57)(H,49,58)(H,51,56)(H,52,55)/b29-22+/t38-,39+,43-/m0/s1. The summed E-state index contributed by atoms with van der Waals surface area (Å²) < 4.78 is 0. The monoisotopic (exact) mass is 828 g/mol. The Balaban J connectivity index is 0.970. The highest BCUT2D eigenvalue weighted by molar-refractivity contribution is 7.13. The molecule has 0 saturated carbocycles. The quantitative estimate of drug-likeness (QED) is 0.0618. The van der Waals surface area contributed by atoms with Crippen LogP contribution in [0.3, 0.4) is 0 Å². The van der Waals surface area contributed by atoms with Gasteiger partial charge in [0.05, 0.1) is 22.2 Å². The summed E-state index contributed by atoms with van der Waals surface area (Å²) in [4.78, 5) is 73.3. The zero-order chi connectivity index (χ0) is 43.0. The van der Waals surface area contributed by atoms with Gasteiger partial charge in [-0.05, 0) is 83.0 Å². The Bertz CT molecular complexity index is 2400. The number of thiazole rings is 1. The number of carbonyl (C=O) groups is 5. The molecule has 13 heteroatoms. The normalized spacial score (nSPS) is 16.0. The van der Waals surface area contributed by atoms with E-state index in [1.54, 1.807) is 41.1 Å². The van der Waals surface area contributed by atoms with Crippen LogP contribution in [0.4, 0.5) is 5.69 Å². The number of allylic oxidation sites excluding steroid dienone is 1. The van der Waals surface area contributed by atoms with Crippen LogP contribution in [-0.2, 0) is 25.7 Å². The summed E-state index contributed by atoms with van der Waals surface area (Å²) in [6.07, 6.45) is 1.06. The fraction of sp³-hybridized carbons (Fsp3) is 0.319. The van der Waals surface area contributed by atoms with Crippen LogP contribution < -0.4 is 21.3 Å². The number of fused-ring (bicyclic) bond motifs is 1. The molecule has 12 nitrogen and oxygen atoms in total. The summed E-state index contributed by atoms with van der Waals surface area (Å²) >= 11 is 1.57. The number of amides is 5. The number of hydrogen-bond donors (Lipinski definition) is 5.